The number of rotatable bonds is 2. The lowest BCUT2D eigenvalue weighted by atomic mass is 10.2. The van der Waals surface area contributed by atoms with Crippen LogP contribution in [0.5, 0.6) is 0 Å². The van der Waals surface area contributed by atoms with Gasteiger partial charge >= 0.3 is 0 Å². The quantitative estimate of drug-likeness (QED) is 0.792. The second-order valence-corrected chi connectivity index (χ2v) is 5.04. The third-order valence-electron chi connectivity index (χ3n) is 2.49. The molecule has 0 bridgehead atoms. The van der Waals surface area contributed by atoms with Crippen molar-refractivity contribution < 1.29 is 4.39 Å². The van der Waals surface area contributed by atoms with E-state index in [1.165, 1.54) is 16.7 Å². The van der Waals surface area contributed by atoms with Gasteiger partial charge in [-0.1, -0.05) is 17.7 Å². The van der Waals surface area contributed by atoms with E-state index in [0.717, 1.165) is 5.56 Å². The molecule has 6 heteroatoms. The van der Waals surface area contributed by atoms with Crippen LogP contribution in [-0.4, -0.2) is 9.55 Å². The van der Waals surface area contributed by atoms with E-state index >= 15 is 0 Å². The minimum Gasteiger partial charge on any atom is -0.292 e. The fourth-order valence-electron chi connectivity index (χ4n) is 1.60. The van der Waals surface area contributed by atoms with E-state index < -0.39 is 0 Å². The fourth-order valence-corrected chi connectivity index (χ4v) is 2.24. The molecule has 0 atom stereocenters. The Morgan fingerprint density at radius 2 is 2.17 bits per heavy atom. The number of hydrogen-bond acceptors (Lipinski definition) is 2. The molecule has 18 heavy (non-hydrogen) atoms. The van der Waals surface area contributed by atoms with Crippen molar-refractivity contribution in [1.82, 2.24) is 9.55 Å². The Morgan fingerprint density at radius 3 is 2.78 bits per heavy atom. The monoisotopic (exact) mass is 330 g/mol. The molecule has 1 aromatic carbocycles. The van der Waals surface area contributed by atoms with E-state index in [9.17, 15) is 9.18 Å². The van der Waals surface area contributed by atoms with Crippen LogP contribution in [0.2, 0.25) is 5.15 Å². The van der Waals surface area contributed by atoms with Gasteiger partial charge < -0.3 is 0 Å². The number of halogens is 3. The summed E-state index contributed by atoms with van der Waals surface area (Å²) in [6.07, 6.45) is 0. The normalized spacial score (nSPS) is 10.7. The van der Waals surface area contributed by atoms with Crippen molar-refractivity contribution in [2.45, 2.75) is 13.5 Å². The van der Waals surface area contributed by atoms with Crippen LogP contribution in [-0.2, 0) is 6.54 Å². The molecule has 0 saturated heterocycles. The van der Waals surface area contributed by atoms with Gasteiger partial charge in [0.2, 0.25) is 0 Å². The van der Waals surface area contributed by atoms with E-state index in [4.69, 9.17) is 11.6 Å². The molecule has 0 unspecified atom stereocenters. The Hall–Kier alpha value is -1.20. The molecule has 0 N–H and O–H groups in total. The van der Waals surface area contributed by atoms with E-state index in [0.29, 0.717) is 16.8 Å². The number of aryl methyl sites for hydroxylation is 1. The maximum atomic E-state index is 13.1. The highest BCUT2D eigenvalue weighted by Crippen LogP contribution is 2.17. The summed E-state index contributed by atoms with van der Waals surface area (Å²) in [7, 11) is 0. The van der Waals surface area contributed by atoms with Crippen LogP contribution in [0.15, 0.2) is 33.5 Å². The fraction of sp³-hybridized carbons (Fsp3) is 0.167. The van der Waals surface area contributed by atoms with Crippen molar-refractivity contribution in [2.75, 3.05) is 0 Å². The van der Waals surface area contributed by atoms with Crippen LogP contribution in [0, 0.1) is 12.7 Å². The zero-order valence-electron chi connectivity index (χ0n) is 9.45. The summed E-state index contributed by atoms with van der Waals surface area (Å²) in [6.45, 7) is 2.03. The molecule has 2 aromatic rings. The van der Waals surface area contributed by atoms with Crippen LogP contribution in [0.4, 0.5) is 4.39 Å². The SMILES string of the molecule is Cc1nc(Cl)cc(=O)n1Cc1ccc(F)c(Br)c1. The zero-order chi connectivity index (χ0) is 13.3. The van der Waals surface area contributed by atoms with Gasteiger partial charge in [0.1, 0.15) is 16.8 Å². The van der Waals surface area contributed by atoms with Crippen LogP contribution in [0.25, 0.3) is 0 Å². The standard InChI is InChI=1S/C12H9BrClFN2O/c1-7-16-11(14)5-12(18)17(7)6-8-2-3-10(15)9(13)4-8/h2-5H,6H2,1H3. The van der Waals surface area contributed by atoms with Crippen LogP contribution >= 0.6 is 27.5 Å². The average molecular weight is 332 g/mol. The highest BCUT2D eigenvalue weighted by atomic mass is 79.9. The molecule has 3 nitrogen and oxygen atoms in total. The van der Waals surface area contributed by atoms with Crippen molar-refractivity contribution in [3.8, 4) is 0 Å². The van der Waals surface area contributed by atoms with Gasteiger partial charge in [0, 0.05) is 6.07 Å². The number of hydrogen-bond donors (Lipinski definition) is 0. The lowest BCUT2D eigenvalue weighted by Gasteiger charge is -2.09. The van der Waals surface area contributed by atoms with Crippen LogP contribution in [0.1, 0.15) is 11.4 Å². The Morgan fingerprint density at radius 1 is 1.44 bits per heavy atom. The molecule has 0 fully saturated rings. The summed E-state index contributed by atoms with van der Waals surface area (Å²) < 4.78 is 14.9. The van der Waals surface area contributed by atoms with Gasteiger partial charge in [-0.2, -0.15) is 0 Å². The first-order valence-corrected chi connectivity index (χ1v) is 6.32. The molecule has 1 aromatic heterocycles. The Bertz CT molecular complexity index is 657. The minimum atomic E-state index is -0.336. The van der Waals surface area contributed by atoms with Gasteiger partial charge in [-0.15, -0.1) is 0 Å². The molecule has 0 aliphatic rings. The number of nitrogens with zero attached hydrogens (tertiary/aromatic N) is 2. The smallest absolute Gasteiger partial charge is 0.255 e. The highest BCUT2D eigenvalue weighted by Gasteiger charge is 2.06. The van der Waals surface area contributed by atoms with Gasteiger partial charge in [-0.25, -0.2) is 9.37 Å². The van der Waals surface area contributed by atoms with Gasteiger partial charge in [0.15, 0.2) is 0 Å². The van der Waals surface area contributed by atoms with Gasteiger partial charge in [0.25, 0.3) is 5.56 Å². The highest BCUT2D eigenvalue weighted by molar-refractivity contribution is 9.10. The molecule has 1 heterocycles. The minimum absolute atomic E-state index is 0.175. The largest absolute Gasteiger partial charge is 0.292 e. The molecule has 2 rings (SSSR count). The van der Waals surface area contributed by atoms with E-state index in [2.05, 4.69) is 20.9 Å². The summed E-state index contributed by atoms with van der Waals surface area (Å²) in [5.74, 6) is 0.185. The van der Waals surface area contributed by atoms with Gasteiger partial charge in [-0.05, 0) is 40.5 Å². The first kappa shape index (κ1) is 13.2. The maximum absolute atomic E-state index is 13.1. The average Bonchev–Trinajstić information content (AvgIpc) is 2.28. The molecular weight excluding hydrogens is 322 g/mol. The Labute approximate surface area is 116 Å². The summed E-state index contributed by atoms with van der Waals surface area (Å²) in [6, 6.07) is 5.87. The van der Waals surface area contributed by atoms with E-state index in [-0.39, 0.29) is 16.5 Å². The summed E-state index contributed by atoms with van der Waals surface area (Å²) in [4.78, 5) is 15.8. The predicted octanol–water partition coefficient (Wildman–Crippen LogP) is 3.16. The first-order chi connectivity index (χ1) is 8.47. The summed E-state index contributed by atoms with van der Waals surface area (Å²) >= 11 is 8.80. The lowest BCUT2D eigenvalue weighted by molar-refractivity contribution is 0.618. The van der Waals surface area contributed by atoms with Crippen LogP contribution < -0.4 is 5.56 Å². The van der Waals surface area contributed by atoms with Crippen molar-refractivity contribution in [2.24, 2.45) is 0 Å². The maximum Gasteiger partial charge on any atom is 0.255 e. The molecule has 0 spiro atoms. The van der Waals surface area contributed by atoms with Gasteiger partial charge in [0.05, 0.1) is 11.0 Å². The zero-order valence-corrected chi connectivity index (χ0v) is 11.8. The molecule has 0 radical (unpaired) electrons. The van der Waals surface area contributed by atoms with Crippen molar-refractivity contribution in [1.29, 1.82) is 0 Å². The summed E-state index contributed by atoms with van der Waals surface area (Å²) in [5, 5.41) is 0.175. The second-order valence-electron chi connectivity index (χ2n) is 3.80. The van der Waals surface area contributed by atoms with Gasteiger partial charge in [-0.3, -0.25) is 9.36 Å². The number of benzene rings is 1. The first-order valence-electron chi connectivity index (χ1n) is 5.15. The molecule has 0 aliphatic heterocycles. The third-order valence-corrected chi connectivity index (χ3v) is 3.29. The Kier molecular flexibility index (Phi) is 3.82. The molecule has 0 aliphatic carbocycles. The lowest BCUT2D eigenvalue weighted by Crippen LogP contribution is -2.23. The topological polar surface area (TPSA) is 34.9 Å². The number of aromatic nitrogens is 2. The third kappa shape index (κ3) is 2.79. The molecular formula is C12H9BrClFN2O. The van der Waals surface area contributed by atoms with Crippen molar-refractivity contribution in [3.05, 3.63) is 61.5 Å². The molecule has 94 valence electrons. The Balaban J connectivity index is 2.40. The predicted molar refractivity (Wildman–Crippen MR) is 71.4 cm³/mol. The summed E-state index contributed by atoms with van der Waals surface area (Å²) in [5.41, 5.74) is 0.575. The second kappa shape index (κ2) is 5.20. The molecule has 0 saturated carbocycles. The van der Waals surface area contributed by atoms with E-state index in [1.807, 2.05) is 0 Å². The molecule has 0 amide bonds. The van der Waals surface area contributed by atoms with Crippen molar-refractivity contribution in [3.63, 3.8) is 0 Å². The van der Waals surface area contributed by atoms with Crippen LogP contribution in [0.3, 0.4) is 0 Å². The van der Waals surface area contributed by atoms with Crippen molar-refractivity contribution >= 4 is 27.5 Å². The van der Waals surface area contributed by atoms with E-state index in [1.54, 1.807) is 19.1 Å².